The van der Waals surface area contributed by atoms with E-state index in [0.29, 0.717) is 4.83 Å². The minimum Gasteiger partial charge on any atom is -0.380 e. The first-order valence-corrected chi connectivity index (χ1v) is 10.4. The van der Waals surface area contributed by atoms with Crippen LogP contribution in [-0.2, 0) is 9.47 Å². The highest BCUT2D eigenvalue weighted by Crippen LogP contribution is 2.15. The smallest absolute Gasteiger partial charge is 0.0613 e. The van der Waals surface area contributed by atoms with Crippen LogP contribution in [0.25, 0.3) is 0 Å². The molecule has 3 heteroatoms. The number of hydrogen-bond donors (Lipinski definition) is 0. The van der Waals surface area contributed by atoms with Gasteiger partial charge in [0.25, 0.3) is 0 Å². The number of alkyl halides is 1. The second-order valence-electron chi connectivity index (χ2n) is 6.51. The van der Waals surface area contributed by atoms with Crippen molar-refractivity contribution in [3.8, 4) is 0 Å². The summed E-state index contributed by atoms with van der Waals surface area (Å²) >= 11 is 3.68. The Labute approximate surface area is 147 Å². The molecule has 0 rings (SSSR count). The normalized spacial score (nSPS) is 15.7. The Morgan fingerprint density at radius 2 is 1.09 bits per heavy atom. The molecule has 2 nitrogen and oxygen atoms in total. The van der Waals surface area contributed by atoms with Crippen molar-refractivity contribution < 1.29 is 9.47 Å². The number of unbranched alkanes of at least 4 members (excludes halogenated alkanes) is 2. The highest BCUT2D eigenvalue weighted by molar-refractivity contribution is 9.09. The fourth-order valence-electron chi connectivity index (χ4n) is 2.57. The van der Waals surface area contributed by atoms with Crippen LogP contribution in [0.1, 0.15) is 79.1 Å². The molecule has 0 aromatic carbocycles. The lowest BCUT2D eigenvalue weighted by molar-refractivity contribution is 0.0562. The van der Waals surface area contributed by atoms with E-state index in [9.17, 15) is 0 Å². The summed E-state index contributed by atoms with van der Waals surface area (Å²) in [6.45, 7) is 12.3. The van der Waals surface area contributed by atoms with Crippen molar-refractivity contribution in [1.82, 2.24) is 0 Å². The topological polar surface area (TPSA) is 18.5 Å². The zero-order chi connectivity index (χ0) is 16.6. The first-order chi connectivity index (χ1) is 10.7. The van der Waals surface area contributed by atoms with E-state index < -0.39 is 0 Å². The maximum atomic E-state index is 5.87. The van der Waals surface area contributed by atoms with Crippen molar-refractivity contribution in [2.75, 3.05) is 26.4 Å². The molecule has 2 unspecified atom stereocenters. The highest BCUT2D eigenvalue weighted by atomic mass is 79.9. The van der Waals surface area contributed by atoms with Crippen LogP contribution in [0.15, 0.2) is 0 Å². The van der Waals surface area contributed by atoms with Crippen molar-refractivity contribution in [3.63, 3.8) is 0 Å². The lowest BCUT2D eigenvalue weighted by atomic mass is 10.0. The lowest BCUT2D eigenvalue weighted by Gasteiger charge is -2.18. The SMILES string of the molecule is CCCCC(CC)COCC(Br)COCC(CC)CCCC. The molecule has 0 saturated carbocycles. The molecule has 0 aliphatic heterocycles. The van der Waals surface area contributed by atoms with Crippen molar-refractivity contribution in [1.29, 1.82) is 0 Å². The minimum atomic E-state index is 0.319. The third kappa shape index (κ3) is 12.9. The zero-order valence-electron chi connectivity index (χ0n) is 15.4. The molecule has 0 spiro atoms. The predicted octanol–water partition coefficient (Wildman–Crippen LogP) is 6.22. The van der Waals surface area contributed by atoms with Crippen LogP contribution < -0.4 is 0 Å². The van der Waals surface area contributed by atoms with Crippen molar-refractivity contribution in [3.05, 3.63) is 0 Å². The summed E-state index contributed by atoms with van der Waals surface area (Å²) in [4.78, 5) is 0.319. The molecule has 134 valence electrons. The summed E-state index contributed by atoms with van der Waals surface area (Å²) in [5, 5.41) is 0. The number of hydrogen-bond acceptors (Lipinski definition) is 2. The van der Waals surface area contributed by atoms with Crippen molar-refractivity contribution in [2.24, 2.45) is 11.8 Å². The van der Waals surface area contributed by atoms with Gasteiger partial charge in [-0.1, -0.05) is 82.1 Å². The van der Waals surface area contributed by atoms with E-state index in [-0.39, 0.29) is 0 Å². The zero-order valence-corrected chi connectivity index (χ0v) is 17.0. The Balaban J connectivity index is 3.65. The molecular weight excluding hydrogens is 340 g/mol. The second-order valence-corrected chi connectivity index (χ2v) is 7.80. The first kappa shape index (κ1) is 22.4. The summed E-state index contributed by atoms with van der Waals surface area (Å²) in [6.07, 6.45) is 10.2. The van der Waals surface area contributed by atoms with Crippen LogP contribution in [-0.4, -0.2) is 31.3 Å². The van der Waals surface area contributed by atoms with E-state index in [2.05, 4.69) is 43.6 Å². The predicted molar refractivity (Wildman–Crippen MR) is 101 cm³/mol. The second kappa shape index (κ2) is 16.3. The Morgan fingerprint density at radius 3 is 1.41 bits per heavy atom. The Kier molecular flexibility index (Phi) is 16.6. The van der Waals surface area contributed by atoms with Gasteiger partial charge in [-0.3, -0.25) is 0 Å². The first-order valence-electron chi connectivity index (χ1n) is 9.47. The molecule has 0 aliphatic carbocycles. The van der Waals surface area contributed by atoms with E-state index in [1.165, 1.54) is 51.4 Å². The van der Waals surface area contributed by atoms with Gasteiger partial charge >= 0.3 is 0 Å². The molecule has 0 saturated heterocycles. The minimum absolute atomic E-state index is 0.319. The fourth-order valence-corrected chi connectivity index (χ4v) is 2.94. The summed E-state index contributed by atoms with van der Waals surface area (Å²) in [5.74, 6) is 1.44. The lowest BCUT2D eigenvalue weighted by Crippen LogP contribution is -2.20. The molecule has 0 aromatic heterocycles. The molecule has 0 fully saturated rings. The average Bonchev–Trinajstić information content (AvgIpc) is 2.53. The van der Waals surface area contributed by atoms with Gasteiger partial charge in [-0.2, -0.15) is 0 Å². The maximum Gasteiger partial charge on any atom is 0.0613 e. The standard InChI is InChI=1S/C19H39BrO2/c1-5-9-11-17(7-3)13-21-15-19(20)16-22-14-18(8-4)12-10-6-2/h17-19H,5-16H2,1-4H3. The average molecular weight is 379 g/mol. The van der Waals surface area contributed by atoms with Crippen molar-refractivity contribution in [2.45, 2.75) is 83.9 Å². The summed E-state index contributed by atoms with van der Waals surface area (Å²) in [7, 11) is 0. The maximum absolute atomic E-state index is 5.87. The molecule has 22 heavy (non-hydrogen) atoms. The number of halogens is 1. The number of rotatable bonds is 16. The van der Waals surface area contributed by atoms with Crippen molar-refractivity contribution >= 4 is 15.9 Å². The molecule has 0 radical (unpaired) electrons. The van der Waals surface area contributed by atoms with Crippen LogP contribution in [0.2, 0.25) is 0 Å². The van der Waals surface area contributed by atoms with Gasteiger partial charge in [0.1, 0.15) is 0 Å². The molecule has 0 N–H and O–H groups in total. The molecule has 0 amide bonds. The van der Waals surface area contributed by atoms with E-state index >= 15 is 0 Å². The van der Waals surface area contributed by atoms with Gasteiger partial charge in [0.2, 0.25) is 0 Å². The monoisotopic (exact) mass is 378 g/mol. The summed E-state index contributed by atoms with van der Waals surface area (Å²) < 4.78 is 11.7. The molecule has 2 atom stereocenters. The molecular formula is C19H39BrO2. The van der Waals surface area contributed by atoms with Gasteiger partial charge < -0.3 is 9.47 Å². The van der Waals surface area contributed by atoms with E-state index in [0.717, 1.165) is 38.3 Å². The third-order valence-corrected chi connectivity index (χ3v) is 4.92. The summed E-state index contributed by atoms with van der Waals surface area (Å²) in [5.41, 5.74) is 0. The van der Waals surface area contributed by atoms with Gasteiger partial charge in [0.15, 0.2) is 0 Å². The molecule has 0 aliphatic rings. The Bertz CT molecular complexity index is 201. The van der Waals surface area contributed by atoms with Gasteiger partial charge in [-0.05, 0) is 24.7 Å². The largest absolute Gasteiger partial charge is 0.380 e. The van der Waals surface area contributed by atoms with Crippen LogP contribution >= 0.6 is 15.9 Å². The van der Waals surface area contributed by atoms with Gasteiger partial charge in [-0.15, -0.1) is 0 Å². The van der Waals surface area contributed by atoms with Gasteiger partial charge in [-0.25, -0.2) is 0 Å². The third-order valence-electron chi connectivity index (χ3n) is 4.39. The Hall–Kier alpha value is 0.400. The van der Waals surface area contributed by atoms with Crippen LogP contribution in [0.5, 0.6) is 0 Å². The molecule has 0 heterocycles. The van der Waals surface area contributed by atoms with E-state index in [1.807, 2.05) is 0 Å². The van der Waals surface area contributed by atoms with Crippen LogP contribution in [0.4, 0.5) is 0 Å². The van der Waals surface area contributed by atoms with Gasteiger partial charge in [0.05, 0.1) is 18.0 Å². The summed E-state index contributed by atoms with van der Waals surface area (Å²) in [6, 6.07) is 0. The fraction of sp³-hybridized carbons (Fsp3) is 1.00. The van der Waals surface area contributed by atoms with E-state index in [1.54, 1.807) is 0 Å². The highest BCUT2D eigenvalue weighted by Gasteiger charge is 2.11. The van der Waals surface area contributed by atoms with Gasteiger partial charge in [0, 0.05) is 13.2 Å². The van der Waals surface area contributed by atoms with E-state index in [4.69, 9.17) is 9.47 Å². The molecule has 0 aromatic rings. The quantitative estimate of drug-likeness (QED) is 0.297. The van der Waals surface area contributed by atoms with Crippen LogP contribution in [0, 0.1) is 11.8 Å². The Morgan fingerprint density at radius 1 is 0.682 bits per heavy atom. The van der Waals surface area contributed by atoms with Crippen LogP contribution in [0.3, 0.4) is 0 Å². The molecule has 0 bridgehead atoms. The number of ether oxygens (including phenoxy) is 2.